The van der Waals surface area contributed by atoms with Gasteiger partial charge in [-0.05, 0) is 36.4 Å². The molecule has 168 valence electrons. The number of carbonyl (C=O) groups is 3. The Kier molecular flexibility index (Phi) is 6.80. The Bertz CT molecular complexity index is 1130. The number of esters is 2. The van der Waals surface area contributed by atoms with Crippen LogP contribution in [0.5, 0.6) is 0 Å². The number of nitrogen functional groups attached to an aromatic ring is 1. The molecule has 4 rings (SSSR count). The molecule has 33 heavy (non-hydrogen) atoms. The Hall–Kier alpha value is -3.97. The third kappa shape index (κ3) is 5.27. The van der Waals surface area contributed by atoms with Crippen molar-refractivity contribution in [2.24, 2.45) is 0 Å². The number of para-hydroxylation sites is 1. The van der Waals surface area contributed by atoms with Crippen LogP contribution in [0.3, 0.4) is 0 Å². The highest BCUT2D eigenvalue weighted by atomic mass is 16.6. The number of ketones is 1. The Morgan fingerprint density at radius 2 is 1.39 bits per heavy atom. The molecule has 0 amide bonds. The smallest absolute Gasteiger partial charge is 0.338 e. The minimum atomic E-state index is -0.885. The van der Waals surface area contributed by atoms with Crippen molar-refractivity contribution in [2.75, 3.05) is 12.3 Å². The van der Waals surface area contributed by atoms with E-state index >= 15 is 0 Å². The van der Waals surface area contributed by atoms with E-state index in [0.29, 0.717) is 22.4 Å². The summed E-state index contributed by atoms with van der Waals surface area (Å²) in [5, 5.41) is 0. The van der Waals surface area contributed by atoms with Crippen LogP contribution in [0, 0.1) is 0 Å². The lowest BCUT2D eigenvalue weighted by molar-refractivity contribution is -0.0377. The van der Waals surface area contributed by atoms with Crippen LogP contribution >= 0.6 is 0 Å². The quantitative estimate of drug-likeness (QED) is 0.336. The average Bonchev–Trinajstić information content (AvgIpc) is 3.26. The number of ether oxygens (including phenoxy) is 3. The third-order valence-electron chi connectivity index (χ3n) is 5.37. The summed E-state index contributed by atoms with van der Waals surface area (Å²) >= 11 is 0. The SMILES string of the molecule is Nc1ccccc1C(=O)[C@H]1C[C@H](OC(=O)c2ccccc2)[C@@H](COC(=O)c2ccccc2)O1. The normalized spacial score (nSPS) is 19.6. The first-order valence-electron chi connectivity index (χ1n) is 10.6. The van der Waals surface area contributed by atoms with Crippen LogP contribution < -0.4 is 5.73 Å². The minimum absolute atomic E-state index is 0.124. The van der Waals surface area contributed by atoms with E-state index in [9.17, 15) is 14.4 Å². The van der Waals surface area contributed by atoms with Crippen molar-refractivity contribution in [3.05, 3.63) is 102 Å². The number of benzene rings is 3. The van der Waals surface area contributed by atoms with Crippen LogP contribution in [0.1, 0.15) is 37.5 Å². The van der Waals surface area contributed by atoms with Crippen molar-refractivity contribution in [1.82, 2.24) is 0 Å². The summed E-state index contributed by atoms with van der Waals surface area (Å²) in [5.41, 5.74) is 7.38. The molecule has 3 aromatic rings. The van der Waals surface area contributed by atoms with Crippen molar-refractivity contribution in [3.63, 3.8) is 0 Å². The van der Waals surface area contributed by atoms with Crippen molar-refractivity contribution in [3.8, 4) is 0 Å². The first kappa shape index (κ1) is 22.2. The fourth-order valence-corrected chi connectivity index (χ4v) is 3.65. The highest BCUT2D eigenvalue weighted by molar-refractivity contribution is 6.03. The number of Topliss-reactive ketones (excluding diaryl/α,β-unsaturated/α-hetero) is 1. The number of anilines is 1. The Morgan fingerprint density at radius 1 is 0.818 bits per heavy atom. The van der Waals surface area contributed by atoms with Crippen LogP contribution in [-0.4, -0.2) is 42.6 Å². The standard InChI is InChI=1S/C26H23NO6/c27-20-14-8-7-13-19(20)24(28)22-15-21(33-26(30)18-11-5-2-6-12-18)23(32-22)16-31-25(29)17-9-3-1-4-10-17/h1-14,21-23H,15-16,27H2/t21-,22+,23+/m0/s1. The van der Waals surface area contributed by atoms with E-state index in [1.807, 2.05) is 0 Å². The van der Waals surface area contributed by atoms with Crippen LogP contribution in [0.25, 0.3) is 0 Å². The molecular formula is C26H23NO6. The molecule has 1 heterocycles. The molecule has 0 aliphatic carbocycles. The van der Waals surface area contributed by atoms with Crippen molar-refractivity contribution < 1.29 is 28.6 Å². The third-order valence-corrected chi connectivity index (χ3v) is 5.37. The zero-order valence-corrected chi connectivity index (χ0v) is 17.8. The first-order chi connectivity index (χ1) is 16.0. The zero-order chi connectivity index (χ0) is 23.2. The predicted molar refractivity (Wildman–Crippen MR) is 121 cm³/mol. The number of carbonyl (C=O) groups excluding carboxylic acids is 3. The highest BCUT2D eigenvalue weighted by Gasteiger charge is 2.42. The van der Waals surface area contributed by atoms with Gasteiger partial charge in [0.25, 0.3) is 0 Å². The van der Waals surface area contributed by atoms with Gasteiger partial charge in [-0.25, -0.2) is 9.59 Å². The largest absolute Gasteiger partial charge is 0.459 e. The molecular weight excluding hydrogens is 422 g/mol. The molecule has 1 saturated heterocycles. The van der Waals surface area contributed by atoms with Gasteiger partial charge in [-0.15, -0.1) is 0 Å². The van der Waals surface area contributed by atoms with E-state index in [1.54, 1.807) is 84.9 Å². The van der Waals surface area contributed by atoms with Crippen LogP contribution in [0.2, 0.25) is 0 Å². The molecule has 0 aromatic heterocycles. The van der Waals surface area contributed by atoms with Gasteiger partial charge < -0.3 is 19.9 Å². The maximum atomic E-state index is 13.0. The van der Waals surface area contributed by atoms with Gasteiger partial charge in [-0.2, -0.15) is 0 Å². The van der Waals surface area contributed by atoms with Gasteiger partial charge in [-0.1, -0.05) is 48.5 Å². The molecule has 0 bridgehead atoms. The summed E-state index contributed by atoms with van der Waals surface area (Å²) in [4.78, 5) is 38.0. The Morgan fingerprint density at radius 3 is 2.03 bits per heavy atom. The van der Waals surface area contributed by atoms with E-state index < -0.39 is 30.3 Å². The number of hydrogen-bond acceptors (Lipinski definition) is 7. The average molecular weight is 445 g/mol. The molecule has 0 saturated carbocycles. The molecule has 7 nitrogen and oxygen atoms in total. The summed E-state index contributed by atoms with van der Waals surface area (Å²) in [6, 6.07) is 23.7. The summed E-state index contributed by atoms with van der Waals surface area (Å²) in [6.45, 7) is -0.172. The molecule has 1 fully saturated rings. The summed E-state index contributed by atoms with van der Waals surface area (Å²) < 4.78 is 17.0. The maximum absolute atomic E-state index is 13.0. The zero-order valence-electron chi connectivity index (χ0n) is 17.8. The van der Waals surface area contributed by atoms with Gasteiger partial charge >= 0.3 is 11.9 Å². The lowest BCUT2D eigenvalue weighted by atomic mass is 10.0. The first-order valence-corrected chi connectivity index (χ1v) is 10.6. The Balaban J connectivity index is 1.49. The predicted octanol–water partition coefficient (Wildman–Crippen LogP) is 3.69. The van der Waals surface area contributed by atoms with Gasteiger partial charge in [-0.3, -0.25) is 4.79 Å². The fraction of sp³-hybridized carbons (Fsp3) is 0.192. The van der Waals surface area contributed by atoms with Gasteiger partial charge in [0.05, 0.1) is 11.1 Å². The van der Waals surface area contributed by atoms with Gasteiger partial charge in [0.15, 0.2) is 5.78 Å². The molecule has 3 atom stereocenters. The van der Waals surface area contributed by atoms with Crippen LogP contribution in [0.15, 0.2) is 84.9 Å². The molecule has 0 radical (unpaired) electrons. The second kappa shape index (κ2) is 10.1. The molecule has 1 aliphatic rings. The van der Waals surface area contributed by atoms with E-state index in [-0.39, 0.29) is 18.8 Å². The monoisotopic (exact) mass is 445 g/mol. The van der Waals surface area contributed by atoms with Gasteiger partial charge in [0, 0.05) is 17.7 Å². The fourth-order valence-electron chi connectivity index (χ4n) is 3.65. The van der Waals surface area contributed by atoms with Crippen molar-refractivity contribution >= 4 is 23.4 Å². The highest BCUT2D eigenvalue weighted by Crippen LogP contribution is 2.28. The topological polar surface area (TPSA) is 105 Å². The van der Waals surface area contributed by atoms with Gasteiger partial charge in [0.1, 0.15) is 24.9 Å². The number of rotatable bonds is 7. The van der Waals surface area contributed by atoms with Crippen molar-refractivity contribution in [2.45, 2.75) is 24.7 Å². The van der Waals surface area contributed by atoms with E-state index in [2.05, 4.69) is 0 Å². The lowest BCUT2D eigenvalue weighted by Crippen LogP contribution is -2.32. The van der Waals surface area contributed by atoms with E-state index in [1.165, 1.54) is 0 Å². The number of nitrogens with two attached hydrogens (primary N) is 1. The molecule has 3 aromatic carbocycles. The second-order valence-electron chi connectivity index (χ2n) is 7.62. The number of hydrogen-bond donors (Lipinski definition) is 1. The molecule has 2 N–H and O–H groups in total. The summed E-state index contributed by atoms with van der Waals surface area (Å²) in [5.74, 6) is -1.39. The molecule has 0 spiro atoms. The summed E-state index contributed by atoms with van der Waals surface area (Å²) in [6.07, 6.45) is -2.34. The second-order valence-corrected chi connectivity index (χ2v) is 7.62. The lowest BCUT2D eigenvalue weighted by Gasteiger charge is -2.19. The van der Waals surface area contributed by atoms with Crippen LogP contribution in [0.4, 0.5) is 5.69 Å². The van der Waals surface area contributed by atoms with Gasteiger partial charge in [0.2, 0.25) is 0 Å². The Labute approximate surface area is 191 Å². The maximum Gasteiger partial charge on any atom is 0.338 e. The van der Waals surface area contributed by atoms with Crippen LogP contribution in [-0.2, 0) is 14.2 Å². The summed E-state index contributed by atoms with van der Waals surface area (Å²) in [7, 11) is 0. The van der Waals surface area contributed by atoms with Crippen molar-refractivity contribution in [1.29, 1.82) is 0 Å². The van der Waals surface area contributed by atoms with E-state index in [4.69, 9.17) is 19.9 Å². The molecule has 7 heteroatoms. The minimum Gasteiger partial charge on any atom is -0.459 e. The molecule has 0 unspecified atom stereocenters. The molecule has 1 aliphatic heterocycles. The van der Waals surface area contributed by atoms with E-state index in [0.717, 1.165) is 0 Å².